The van der Waals surface area contributed by atoms with Crippen LogP contribution in [0.5, 0.6) is 0 Å². The summed E-state index contributed by atoms with van der Waals surface area (Å²) in [6.07, 6.45) is 0.273. The highest BCUT2D eigenvalue weighted by Gasteiger charge is 2.56. The average Bonchev–Trinajstić information content (AvgIpc) is 3.15. The van der Waals surface area contributed by atoms with Crippen molar-refractivity contribution in [3.8, 4) is 11.6 Å². The Labute approximate surface area is 180 Å². The lowest BCUT2D eigenvalue weighted by Gasteiger charge is -2.17. The molecule has 162 valence electrons. The second-order valence-electron chi connectivity index (χ2n) is 8.39. The van der Waals surface area contributed by atoms with E-state index in [0.29, 0.717) is 35.5 Å². The SMILES string of the molecule is CC(C)OCC1[C@H]2CN(c3nc(-c4nc(N)nc(N(C)c5ccccc5)n4)no3)C[C@@H]12. The zero-order valence-corrected chi connectivity index (χ0v) is 17.8. The fraction of sp³-hybridized carbons (Fsp3) is 0.476. The zero-order valence-electron chi connectivity index (χ0n) is 17.8. The summed E-state index contributed by atoms with van der Waals surface area (Å²) < 4.78 is 11.3. The molecule has 10 nitrogen and oxygen atoms in total. The van der Waals surface area contributed by atoms with Crippen LogP contribution in [0.3, 0.4) is 0 Å². The third-order valence-electron chi connectivity index (χ3n) is 5.96. The highest BCUT2D eigenvalue weighted by Crippen LogP contribution is 2.52. The number of hydrogen-bond acceptors (Lipinski definition) is 10. The van der Waals surface area contributed by atoms with Crippen LogP contribution in [-0.2, 0) is 4.74 Å². The van der Waals surface area contributed by atoms with Gasteiger partial charge in [0.15, 0.2) is 0 Å². The number of piperidine rings is 1. The molecule has 2 aliphatic rings. The summed E-state index contributed by atoms with van der Waals surface area (Å²) >= 11 is 0. The third kappa shape index (κ3) is 3.90. The van der Waals surface area contributed by atoms with Gasteiger partial charge >= 0.3 is 6.01 Å². The second kappa shape index (κ2) is 7.77. The Bertz CT molecular complexity index is 1040. The number of ether oxygens (including phenoxy) is 1. The van der Waals surface area contributed by atoms with Crippen LogP contribution in [0, 0.1) is 17.8 Å². The first-order chi connectivity index (χ1) is 15.0. The van der Waals surface area contributed by atoms with Gasteiger partial charge in [0.1, 0.15) is 0 Å². The highest BCUT2D eigenvalue weighted by atomic mass is 16.5. The Kier molecular flexibility index (Phi) is 4.93. The molecule has 0 spiro atoms. The Balaban J connectivity index is 1.29. The highest BCUT2D eigenvalue weighted by molar-refractivity contribution is 5.59. The van der Waals surface area contributed by atoms with Crippen LogP contribution >= 0.6 is 0 Å². The molecule has 1 aromatic carbocycles. The average molecular weight is 422 g/mol. The van der Waals surface area contributed by atoms with Crippen LogP contribution in [0.2, 0.25) is 0 Å². The molecule has 0 bridgehead atoms. The van der Waals surface area contributed by atoms with Gasteiger partial charge in [0.05, 0.1) is 12.7 Å². The quantitative estimate of drug-likeness (QED) is 0.607. The number of nitrogens with two attached hydrogens (primary N) is 1. The van der Waals surface area contributed by atoms with Gasteiger partial charge in [0.2, 0.25) is 23.5 Å². The Hall–Kier alpha value is -3.27. The van der Waals surface area contributed by atoms with Crippen molar-refractivity contribution in [2.24, 2.45) is 17.8 Å². The van der Waals surface area contributed by atoms with E-state index < -0.39 is 0 Å². The molecule has 31 heavy (non-hydrogen) atoms. The van der Waals surface area contributed by atoms with E-state index in [2.05, 4.69) is 43.8 Å². The standard InChI is InChI=1S/C21H26N8O2/c1-12(2)30-11-16-14-9-29(10-15(14)16)21-25-18(27-31-21)17-23-19(22)26-20(24-17)28(3)13-7-5-4-6-8-13/h4-8,12,14-16H,9-11H2,1-3H3,(H2,22,23,24,26)/t14-,15+,16?. The van der Waals surface area contributed by atoms with E-state index in [1.54, 1.807) is 0 Å². The number of fused-ring (bicyclic) bond motifs is 1. The molecule has 1 saturated carbocycles. The van der Waals surface area contributed by atoms with Crippen LogP contribution < -0.4 is 15.5 Å². The predicted molar refractivity (Wildman–Crippen MR) is 116 cm³/mol. The summed E-state index contributed by atoms with van der Waals surface area (Å²) in [6, 6.07) is 10.3. The van der Waals surface area contributed by atoms with E-state index in [9.17, 15) is 0 Å². The minimum atomic E-state index is 0.101. The first kappa shape index (κ1) is 19.7. The molecule has 5 rings (SSSR count). The van der Waals surface area contributed by atoms with Crippen molar-refractivity contribution >= 4 is 23.6 Å². The molecule has 0 radical (unpaired) electrons. The van der Waals surface area contributed by atoms with E-state index in [1.165, 1.54) is 0 Å². The molecule has 1 aliphatic carbocycles. The Morgan fingerprint density at radius 1 is 1.10 bits per heavy atom. The molecule has 0 amide bonds. The van der Waals surface area contributed by atoms with Crippen LogP contribution in [0.4, 0.5) is 23.6 Å². The van der Waals surface area contributed by atoms with Gasteiger partial charge in [-0.15, -0.1) is 0 Å². The molecule has 1 saturated heterocycles. The molecular weight excluding hydrogens is 396 g/mol. The van der Waals surface area contributed by atoms with E-state index in [1.807, 2.05) is 42.3 Å². The van der Waals surface area contributed by atoms with Crippen molar-refractivity contribution in [2.45, 2.75) is 20.0 Å². The lowest BCUT2D eigenvalue weighted by atomic mass is 10.3. The van der Waals surface area contributed by atoms with Crippen molar-refractivity contribution in [3.05, 3.63) is 30.3 Å². The Morgan fingerprint density at radius 2 is 1.84 bits per heavy atom. The molecule has 2 N–H and O–H groups in total. The monoisotopic (exact) mass is 422 g/mol. The minimum Gasteiger partial charge on any atom is -0.378 e. The summed E-state index contributed by atoms with van der Waals surface area (Å²) in [5.41, 5.74) is 6.86. The maximum Gasteiger partial charge on any atom is 0.324 e. The molecule has 2 aromatic heterocycles. The van der Waals surface area contributed by atoms with Crippen LogP contribution in [0.25, 0.3) is 11.6 Å². The van der Waals surface area contributed by atoms with Crippen molar-refractivity contribution in [1.82, 2.24) is 25.1 Å². The van der Waals surface area contributed by atoms with Gasteiger partial charge in [-0.1, -0.05) is 23.4 Å². The zero-order chi connectivity index (χ0) is 21.5. The van der Waals surface area contributed by atoms with Gasteiger partial charge in [0.25, 0.3) is 0 Å². The largest absolute Gasteiger partial charge is 0.378 e. The van der Waals surface area contributed by atoms with Crippen molar-refractivity contribution < 1.29 is 9.26 Å². The molecule has 3 aromatic rings. The maximum absolute atomic E-state index is 5.93. The molecule has 10 heteroatoms. The van der Waals surface area contributed by atoms with Gasteiger partial charge < -0.3 is 24.8 Å². The van der Waals surface area contributed by atoms with E-state index in [4.69, 9.17) is 15.0 Å². The second-order valence-corrected chi connectivity index (χ2v) is 8.39. The molecule has 3 atom stereocenters. The number of anilines is 4. The van der Waals surface area contributed by atoms with Gasteiger partial charge in [-0.3, -0.25) is 0 Å². The minimum absolute atomic E-state index is 0.101. The normalized spacial score (nSPS) is 22.1. The van der Waals surface area contributed by atoms with Gasteiger partial charge in [0, 0.05) is 25.8 Å². The summed E-state index contributed by atoms with van der Waals surface area (Å²) in [7, 11) is 1.87. The topological polar surface area (TPSA) is 119 Å². The van der Waals surface area contributed by atoms with E-state index in [0.717, 1.165) is 25.4 Å². The van der Waals surface area contributed by atoms with Crippen LogP contribution in [0.1, 0.15) is 13.8 Å². The molecule has 3 heterocycles. The number of benzene rings is 1. The van der Waals surface area contributed by atoms with E-state index >= 15 is 0 Å². The lowest BCUT2D eigenvalue weighted by Crippen LogP contribution is -2.25. The van der Waals surface area contributed by atoms with E-state index in [-0.39, 0.29) is 17.9 Å². The first-order valence-electron chi connectivity index (χ1n) is 10.5. The first-order valence-corrected chi connectivity index (χ1v) is 10.5. The number of rotatable bonds is 7. The summed E-state index contributed by atoms with van der Waals surface area (Å²) in [5, 5.41) is 4.08. The summed E-state index contributed by atoms with van der Waals surface area (Å²) in [4.78, 5) is 21.4. The fourth-order valence-electron chi connectivity index (χ4n) is 4.19. The molecule has 1 aliphatic heterocycles. The maximum atomic E-state index is 5.93. The van der Waals surface area contributed by atoms with Gasteiger partial charge in [-0.05, 0) is 43.7 Å². The Morgan fingerprint density at radius 3 is 2.55 bits per heavy atom. The fourth-order valence-corrected chi connectivity index (χ4v) is 4.19. The van der Waals surface area contributed by atoms with Crippen molar-refractivity contribution in [1.29, 1.82) is 0 Å². The number of aromatic nitrogens is 5. The smallest absolute Gasteiger partial charge is 0.324 e. The van der Waals surface area contributed by atoms with Crippen molar-refractivity contribution in [3.63, 3.8) is 0 Å². The van der Waals surface area contributed by atoms with Gasteiger partial charge in [-0.2, -0.15) is 19.9 Å². The number of para-hydroxylation sites is 1. The number of nitrogen functional groups attached to an aromatic ring is 1. The molecule has 2 fully saturated rings. The number of nitrogens with zero attached hydrogens (tertiary/aromatic N) is 7. The predicted octanol–water partition coefficient (Wildman–Crippen LogP) is 2.38. The summed E-state index contributed by atoms with van der Waals surface area (Å²) in [6.45, 7) is 6.78. The number of hydrogen-bond donors (Lipinski definition) is 1. The molecule has 1 unspecified atom stereocenters. The van der Waals surface area contributed by atoms with Crippen LogP contribution in [0.15, 0.2) is 34.9 Å². The van der Waals surface area contributed by atoms with Gasteiger partial charge in [-0.25, -0.2) is 0 Å². The van der Waals surface area contributed by atoms with Crippen molar-refractivity contribution in [2.75, 3.05) is 42.3 Å². The third-order valence-corrected chi connectivity index (χ3v) is 5.96. The lowest BCUT2D eigenvalue weighted by molar-refractivity contribution is 0.0652. The summed E-state index contributed by atoms with van der Waals surface area (Å²) in [5.74, 6) is 3.00. The molecular formula is C21H26N8O2. The van der Waals surface area contributed by atoms with Crippen LogP contribution in [-0.4, -0.2) is 57.9 Å².